The molecule has 1 fully saturated rings. The van der Waals surface area contributed by atoms with Crippen molar-refractivity contribution in [3.05, 3.63) is 54.6 Å². The van der Waals surface area contributed by atoms with Crippen LogP contribution in [0.1, 0.15) is 24.4 Å². The smallest absolute Gasteiger partial charge is 0.236 e. The zero-order valence-electron chi connectivity index (χ0n) is 17.7. The predicted octanol–water partition coefficient (Wildman–Crippen LogP) is 2.45. The highest BCUT2D eigenvalue weighted by Crippen LogP contribution is 2.29. The van der Waals surface area contributed by atoms with Crippen molar-refractivity contribution in [1.82, 2.24) is 29.6 Å². The van der Waals surface area contributed by atoms with Crippen LogP contribution < -0.4 is 16.4 Å². The molecular weight excluding hydrogens is 402 g/mol. The standard InChI is InChI=1S/C23H25N9/c24-6-9-27-22-20(18-13-29-32(15-18)19-3-7-26-8-4-19)14-28-23(30-22)31-10-5-17-11-16(12-25)1-2-21(17)31/h1-2,5,10-11,13-15,19,26H,3-4,6-9,24H2,(H,27,28,30). The maximum Gasteiger partial charge on any atom is 0.236 e. The van der Waals surface area contributed by atoms with Crippen molar-refractivity contribution in [2.75, 3.05) is 31.5 Å². The minimum absolute atomic E-state index is 0.412. The highest BCUT2D eigenvalue weighted by Gasteiger charge is 2.18. The number of nitrogens with one attached hydrogen (secondary N) is 2. The molecule has 162 valence electrons. The van der Waals surface area contributed by atoms with Crippen LogP contribution in [0.5, 0.6) is 0 Å². The number of nitrogens with two attached hydrogens (primary N) is 1. The number of hydrogen-bond donors (Lipinski definition) is 3. The fourth-order valence-electron chi connectivity index (χ4n) is 4.16. The summed E-state index contributed by atoms with van der Waals surface area (Å²) in [4.78, 5) is 9.47. The van der Waals surface area contributed by atoms with Gasteiger partial charge in [-0.05, 0) is 50.2 Å². The second-order valence-electron chi connectivity index (χ2n) is 7.91. The summed E-state index contributed by atoms with van der Waals surface area (Å²) < 4.78 is 3.98. The summed E-state index contributed by atoms with van der Waals surface area (Å²) in [5.74, 6) is 1.28. The Morgan fingerprint density at radius 2 is 2.09 bits per heavy atom. The number of fused-ring (bicyclic) bond motifs is 1. The van der Waals surface area contributed by atoms with Gasteiger partial charge in [0, 0.05) is 48.2 Å². The van der Waals surface area contributed by atoms with E-state index in [1.165, 1.54) is 0 Å². The first-order valence-electron chi connectivity index (χ1n) is 10.8. The number of nitrogens with zero attached hydrogens (tertiary/aromatic N) is 6. The highest BCUT2D eigenvalue weighted by molar-refractivity contribution is 5.83. The van der Waals surface area contributed by atoms with E-state index in [0.717, 1.165) is 53.8 Å². The molecule has 4 aromatic rings. The van der Waals surface area contributed by atoms with Gasteiger partial charge in [-0.3, -0.25) is 9.25 Å². The van der Waals surface area contributed by atoms with Crippen LogP contribution in [0.25, 0.3) is 28.0 Å². The highest BCUT2D eigenvalue weighted by atomic mass is 15.3. The maximum atomic E-state index is 9.15. The van der Waals surface area contributed by atoms with Gasteiger partial charge in [0.15, 0.2) is 0 Å². The molecule has 5 rings (SSSR count). The summed E-state index contributed by atoms with van der Waals surface area (Å²) >= 11 is 0. The fourth-order valence-corrected chi connectivity index (χ4v) is 4.16. The van der Waals surface area contributed by atoms with Crippen LogP contribution in [0.3, 0.4) is 0 Å². The molecule has 9 heteroatoms. The number of nitriles is 1. The van der Waals surface area contributed by atoms with Crippen molar-refractivity contribution in [1.29, 1.82) is 5.26 Å². The largest absolute Gasteiger partial charge is 0.368 e. The van der Waals surface area contributed by atoms with Crippen molar-refractivity contribution < 1.29 is 0 Å². The number of rotatable bonds is 6. The number of hydrogen-bond acceptors (Lipinski definition) is 7. The fraction of sp³-hybridized carbons (Fsp3) is 0.304. The first-order valence-corrected chi connectivity index (χ1v) is 10.8. The maximum absolute atomic E-state index is 9.15. The molecule has 0 saturated carbocycles. The first kappa shape index (κ1) is 20.2. The Morgan fingerprint density at radius 1 is 1.22 bits per heavy atom. The van der Waals surface area contributed by atoms with E-state index in [1.807, 2.05) is 41.4 Å². The molecule has 4 heterocycles. The third-order valence-corrected chi connectivity index (χ3v) is 5.84. The SMILES string of the molecule is N#Cc1ccc2c(ccn2-c2ncc(-c3cnn(C4CCNCC4)c3)c(NCCN)n2)c1. The van der Waals surface area contributed by atoms with Gasteiger partial charge in [0.1, 0.15) is 5.82 Å². The average molecular weight is 428 g/mol. The lowest BCUT2D eigenvalue weighted by atomic mass is 10.1. The molecule has 4 N–H and O–H groups in total. The number of aromatic nitrogens is 5. The van der Waals surface area contributed by atoms with E-state index in [1.54, 1.807) is 6.07 Å². The predicted molar refractivity (Wildman–Crippen MR) is 123 cm³/mol. The molecule has 1 aliphatic rings. The quantitative estimate of drug-likeness (QED) is 0.432. The molecule has 0 radical (unpaired) electrons. The normalized spacial score (nSPS) is 14.5. The molecule has 0 bridgehead atoms. The van der Waals surface area contributed by atoms with Gasteiger partial charge < -0.3 is 16.4 Å². The molecule has 3 aromatic heterocycles. The van der Waals surface area contributed by atoms with E-state index in [0.29, 0.717) is 30.6 Å². The van der Waals surface area contributed by atoms with Crippen molar-refractivity contribution in [3.63, 3.8) is 0 Å². The van der Waals surface area contributed by atoms with Gasteiger partial charge >= 0.3 is 0 Å². The number of anilines is 1. The Bertz CT molecular complexity index is 1270. The van der Waals surface area contributed by atoms with Gasteiger partial charge in [-0.25, -0.2) is 4.98 Å². The molecule has 1 aliphatic heterocycles. The molecular formula is C23H25N9. The van der Waals surface area contributed by atoms with Crippen molar-refractivity contribution in [3.8, 4) is 23.1 Å². The lowest BCUT2D eigenvalue weighted by molar-refractivity contribution is 0.343. The number of piperidine rings is 1. The topological polar surface area (TPSA) is 122 Å². The van der Waals surface area contributed by atoms with Crippen molar-refractivity contribution >= 4 is 16.7 Å². The van der Waals surface area contributed by atoms with Crippen LogP contribution in [0.15, 0.2) is 49.1 Å². The zero-order chi connectivity index (χ0) is 21.9. The van der Waals surface area contributed by atoms with E-state index in [4.69, 9.17) is 16.0 Å². The van der Waals surface area contributed by atoms with Gasteiger partial charge in [-0.2, -0.15) is 15.3 Å². The molecule has 9 nitrogen and oxygen atoms in total. The molecule has 0 amide bonds. The van der Waals surface area contributed by atoms with Crippen LogP contribution in [0.4, 0.5) is 5.82 Å². The summed E-state index contributed by atoms with van der Waals surface area (Å²) in [5, 5.41) is 21.5. The molecule has 0 unspecified atom stereocenters. The summed E-state index contributed by atoms with van der Waals surface area (Å²) in [6.07, 6.45) is 9.86. The van der Waals surface area contributed by atoms with Crippen LogP contribution in [-0.4, -0.2) is 50.5 Å². The van der Waals surface area contributed by atoms with Crippen LogP contribution in [0, 0.1) is 11.3 Å². The second-order valence-corrected chi connectivity index (χ2v) is 7.91. The Labute approximate surface area is 185 Å². The van der Waals surface area contributed by atoms with Gasteiger partial charge in [-0.1, -0.05) is 0 Å². The van der Waals surface area contributed by atoms with Crippen LogP contribution in [-0.2, 0) is 0 Å². The van der Waals surface area contributed by atoms with E-state index in [2.05, 4.69) is 37.7 Å². The lowest BCUT2D eigenvalue weighted by Crippen LogP contribution is -2.29. The average Bonchev–Trinajstić information content (AvgIpc) is 3.50. The van der Waals surface area contributed by atoms with Gasteiger partial charge in [0.25, 0.3) is 0 Å². The van der Waals surface area contributed by atoms with E-state index in [-0.39, 0.29) is 0 Å². The first-order chi connectivity index (χ1) is 15.8. The lowest BCUT2D eigenvalue weighted by Gasteiger charge is -2.22. The minimum atomic E-state index is 0.412. The second kappa shape index (κ2) is 8.78. The molecule has 1 aromatic carbocycles. The molecule has 0 aliphatic carbocycles. The van der Waals surface area contributed by atoms with Crippen molar-refractivity contribution in [2.45, 2.75) is 18.9 Å². The van der Waals surface area contributed by atoms with Gasteiger partial charge in [0.05, 0.1) is 29.4 Å². The monoisotopic (exact) mass is 427 g/mol. The summed E-state index contributed by atoms with van der Waals surface area (Å²) in [6.45, 7) is 3.13. The van der Waals surface area contributed by atoms with Gasteiger partial charge in [-0.15, -0.1) is 0 Å². The Balaban J connectivity index is 1.51. The molecule has 32 heavy (non-hydrogen) atoms. The third-order valence-electron chi connectivity index (χ3n) is 5.84. The van der Waals surface area contributed by atoms with Gasteiger partial charge in [0.2, 0.25) is 5.95 Å². The Hall–Kier alpha value is -3.74. The Kier molecular flexibility index (Phi) is 5.54. The molecule has 1 saturated heterocycles. The minimum Gasteiger partial charge on any atom is -0.368 e. The summed E-state index contributed by atoms with van der Waals surface area (Å²) in [7, 11) is 0. The van der Waals surface area contributed by atoms with Crippen molar-refractivity contribution in [2.24, 2.45) is 5.73 Å². The molecule has 0 atom stereocenters. The van der Waals surface area contributed by atoms with E-state index in [9.17, 15) is 0 Å². The molecule has 0 spiro atoms. The van der Waals surface area contributed by atoms with Crippen LogP contribution in [0.2, 0.25) is 0 Å². The van der Waals surface area contributed by atoms with E-state index >= 15 is 0 Å². The third kappa shape index (κ3) is 3.82. The summed E-state index contributed by atoms with van der Waals surface area (Å²) in [5.41, 5.74) is 9.18. The number of benzene rings is 1. The zero-order valence-corrected chi connectivity index (χ0v) is 17.7. The van der Waals surface area contributed by atoms with E-state index < -0.39 is 0 Å². The van der Waals surface area contributed by atoms with Crippen LogP contribution >= 0.6 is 0 Å². The summed E-state index contributed by atoms with van der Waals surface area (Å²) in [6, 6.07) is 10.1. The Morgan fingerprint density at radius 3 is 2.91 bits per heavy atom.